The van der Waals surface area contributed by atoms with Crippen molar-refractivity contribution in [2.24, 2.45) is 0 Å². The molecule has 1 aromatic carbocycles. The van der Waals surface area contributed by atoms with Crippen molar-refractivity contribution in [3.8, 4) is 0 Å². The van der Waals surface area contributed by atoms with Crippen molar-refractivity contribution >= 4 is 34.5 Å². The summed E-state index contributed by atoms with van der Waals surface area (Å²) in [5.41, 5.74) is 2.91. The number of likely N-dealkylation sites (N-methyl/N-ethyl adjacent to an activating group) is 1. The van der Waals surface area contributed by atoms with Crippen molar-refractivity contribution in [2.75, 3.05) is 6.54 Å². The van der Waals surface area contributed by atoms with Crippen LogP contribution in [0.25, 0.3) is 11.3 Å². The number of nitrogens with zero attached hydrogens (tertiary/aromatic N) is 2. The number of halogens is 3. The van der Waals surface area contributed by atoms with Crippen molar-refractivity contribution in [3.05, 3.63) is 75.8 Å². The standard InChI is InChI=1S/C18H15Cl2FN2O/c1-2-23-16(11-5-7-12(21)8-6-11)14(10-15(19)18(23)24)13-4-3-9-22-17(13)20/h3-10,18,24H,2H2,1H3. The first-order valence-electron chi connectivity index (χ1n) is 7.45. The van der Waals surface area contributed by atoms with Gasteiger partial charge in [0.1, 0.15) is 11.0 Å². The minimum Gasteiger partial charge on any atom is -0.368 e. The first-order chi connectivity index (χ1) is 11.5. The molecule has 0 amide bonds. The normalized spacial score (nSPS) is 18.0. The van der Waals surface area contributed by atoms with Gasteiger partial charge in [-0.25, -0.2) is 9.37 Å². The topological polar surface area (TPSA) is 36.4 Å². The van der Waals surface area contributed by atoms with Crippen LogP contribution in [-0.4, -0.2) is 27.8 Å². The van der Waals surface area contributed by atoms with Gasteiger partial charge in [-0.2, -0.15) is 0 Å². The SMILES string of the molecule is CCN1C(c2ccc(F)cc2)=C(c2cccnc2Cl)C=C(Cl)C1O. The maximum atomic E-state index is 13.3. The lowest BCUT2D eigenvalue weighted by Crippen LogP contribution is -2.36. The van der Waals surface area contributed by atoms with Crippen molar-refractivity contribution in [1.29, 1.82) is 0 Å². The number of aliphatic hydroxyl groups excluding tert-OH is 1. The Balaban J connectivity index is 2.29. The summed E-state index contributed by atoms with van der Waals surface area (Å²) >= 11 is 12.5. The second kappa shape index (κ2) is 6.93. The molecule has 1 aliphatic rings. The zero-order chi connectivity index (χ0) is 17.3. The smallest absolute Gasteiger partial charge is 0.164 e. The highest BCUT2D eigenvalue weighted by Gasteiger charge is 2.29. The summed E-state index contributed by atoms with van der Waals surface area (Å²) in [5, 5.41) is 11.0. The molecule has 1 N–H and O–H groups in total. The van der Waals surface area contributed by atoms with E-state index in [2.05, 4.69) is 4.98 Å². The number of hydrogen-bond acceptors (Lipinski definition) is 3. The highest BCUT2D eigenvalue weighted by atomic mass is 35.5. The summed E-state index contributed by atoms with van der Waals surface area (Å²) in [4.78, 5) is 5.85. The number of aromatic nitrogens is 1. The van der Waals surface area contributed by atoms with E-state index in [1.165, 1.54) is 12.1 Å². The van der Waals surface area contributed by atoms with Gasteiger partial charge >= 0.3 is 0 Å². The number of benzene rings is 1. The zero-order valence-electron chi connectivity index (χ0n) is 12.9. The van der Waals surface area contributed by atoms with E-state index in [1.54, 1.807) is 35.4 Å². The van der Waals surface area contributed by atoms with Crippen LogP contribution >= 0.6 is 23.2 Å². The summed E-state index contributed by atoms with van der Waals surface area (Å²) < 4.78 is 13.3. The molecule has 0 saturated carbocycles. The Morgan fingerprint density at radius 2 is 1.92 bits per heavy atom. The molecule has 0 spiro atoms. The molecule has 0 fully saturated rings. The van der Waals surface area contributed by atoms with Crippen molar-refractivity contribution < 1.29 is 9.50 Å². The van der Waals surface area contributed by atoms with Crippen LogP contribution in [0.2, 0.25) is 5.15 Å². The number of allylic oxidation sites excluding steroid dienone is 2. The molecule has 1 atom stereocenters. The van der Waals surface area contributed by atoms with Crippen LogP contribution in [0.4, 0.5) is 4.39 Å². The van der Waals surface area contributed by atoms with E-state index in [0.29, 0.717) is 17.3 Å². The van der Waals surface area contributed by atoms with Crippen molar-refractivity contribution in [2.45, 2.75) is 13.2 Å². The van der Waals surface area contributed by atoms with E-state index in [1.807, 2.05) is 13.0 Å². The fraction of sp³-hybridized carbons (Fsp3) is 0.167. The van der Waals surface area contributed by atoms with Gasteiger partial charge in [-0.3, -0.25) is 0 Å². The van der Waals surface area contributed by atoms with Crippen LogP contribution in [0.1, 0.15) is 18.1 Å². The van der Waals surface area contributed by atoms with Gasteiger partial charge in [0, 0.05) is 23.9 Å². The van der Waals surface area contributed by atoms with Crippen LogP contribution in [0, 0.1) is 5.82 Å². The Bertz CT molecular complexity index is 818. The van der Waals surface area contributed by atoms with Gasteiger partial charge in [0.2, 0.25) is 0 Å². The molecule has 3 rings (SSSR count). The van der Waals surface area contributed by atoms with E-state index in [0.717, 1.165) is 16.8 Å². The fourth-order valence-electron chi connectivity index (χ4n) is 2.76. The van der Waals surface area contributed by atoms with Gasteiger partial charge in [-0.1, -0.05) is 23.2 Å². The minimum absolute atomic E-state index is 0.289. The maximum Gasteiger partial charge on any atom is 0.164 e. The van der Waals surface area contributed by atoms with Gasteiger partial charge in [0.05, 0.1) is 10.7 Å². The highest BCUT2D eigenvalue weighted by Crippen LogP contribution is 2.39. The monoisotopic (exact) mass is 364 g/mol. The summed E-state index contributed by atoms with van der Waals surface area (Å²) in [6.07, 6.45) is 2.32. The molecule has 24 heavy (non-hydrogen) atoms. The lowest BCUT2D eigenvalue weighted by atomic mass is 9.96. The number of rotatable bonds is 3. The highest BCUT2D eigenvalue weighted by molar-refractivity contribution is 6.33. The largest absolute Gasteiger partial charge is 0.368 e. The van der Waals surface area contributed by atoms with Crippen LogP contribution in [0.3, 0.4) is 0 Å². The van der Waals surface area contributed by atoms with Crippen LogP contribution < -0.4 is 0 Å². The minimum atomic E-state index is -0.962. The van der Waals surface area contributed by atoms with E-state index in [9.17, 15) is 9.50 Å². The first kappa shape index (κ1) is 17.0. The summed E-state index contributed by atoms with van der Waals surface area (Å²) in [6, 6.07) is 9.70. The molecule has 6 heteroatoms. The Morgan fingerprint density at radius 1 is 1.21 bits per heavy atom. The van der Waals surface area contributed by atoms with E-state index in [4.69, 9.17) is 23.2 Å². The molecular weight excluding hydrogens is 350 g/mol. The molecule has 0 bridgehead atoms. The lowest BCUT2D eigenvalue weighted by molar-refractivity contribution is 0.0870. The van der Waals surface area contributed by atoms with Gasteiger partial charge in [-0.15, -0.1) is 0 Å². The number of hydrogen-bond donors (Lipinski definition) is 1. The molecule has 0 saturated heterocycles. The summed E-state index contributed by atoms with van der Waals surface area (Å²) in [6.45, 7) is 2.42. The van der Waals surface area contributed by atoms with Gasteiger partial charge in [0.15, 0.2) is 6.23 Å². The zero-order valence-corrected chi connectivity index (χ0v) is 14.4. The number of aliphatic hydroxyl groups is 1. The predicted octanol–water partition coefficient (Wildman–Crippen LogP) is 4.52. The van der Waals surface area contributed by atoms with Crippen molar-refractivity contribution in [3.63, 3.8) is 0 Å². The van der Waals surface area contributed by atoms with Crippen LogP contribution in [0.5, 0.6) is 0 Å². The Hall–Kier alpha value is -1.88. The third-order valence-corrected chi connectivity index (χ3v) is 4.48. The van der Waals surface area contributed by atoms with Gasteiger partial charge in [-0.05, 0) is 55.0 Å². The second-order valence-electron chi connectivity index (χ2n) is 5.30. The van der Waals surface area contributed by atoms with Crippen LogP contribution in [0.15, 0.2) is 53.7 Å². The third-order valence-electron chi connectivity index (χ3n) is 3.87. The average molecular weight is 365 g/mol. The van der Waals surface area contributed by atoms with E-state index in [-0.39, 0.29) is 10.8 Å². The molecule has 2 aromatic rings. The quantitative estimate of drug-likeness (QED) is 0.813. The van der Waals surface area contributed by atoms with Gasteiger partial charge in [0.25, 0.3) is 0 Å². The molecule has 0 aliphatic carbocycles. The Kier molecular flexibility index (Phi) is 4.90. The van der Waals surface area contributed by atoms with Crippen molar-refractivity contribution in [1.82, 2.24) is 9.88 Å². The molecule has 1 aromatic heterocycles. The molecule has 1 aliphatic heterocycles. The summed E-state index contributed by atoms with van der Waals surface area (Å²) in [7, 11) is 0. The molecule has 0 radical (unpaired) electrons. The Morgan fingerprint density at radius 3 is 2.54 bits per heavy atom. The maximum absolute atomic E-state index is 13.3. The van der Waals surface area contributed by atoms with Gasteiger partial charge < -0.3 is 10.0 Å². The Labute approximate surface area is 149 Å². The molecule has 124 valence electrons. The molecule has 3 nitrogen and oxygen atoms in total. The average Bonchev–Trinajstić information content (AvgIpc) is 2.58. The molecule has 2 heterocycles. The molecular formula is C18H15Cl2FN2O. The summed E-state index contributed by atoms with van der Waals surface area (Å²) in [5.74, 6) is -0.326. The fourth-order valence-corrected chi connectivity index (χ4v) is 3.21. The first-order valence-corrected chi connectivity index (χ1v) is 8.21. The van der Waals surface area contributed by atoms with Crippen LogP contribution in [-0.2, 0) is 0 Å². The predicted molar refractivity (Wildman–Crippen MR) is 94.8 cm³/mol. The van der Waals surface area contributed by atoms with E-state index < -0.39 is 6.23 Å². The van der Waals surface area contributed by atoms with E-state index >= 15 is 0 Å². The molecule has 1 unspecified atom stereocenters. The lowest BCUT2D eigenvalue weighted by Gasteiger charge is -2.36. The third kappa shape index (κ3) is 3.05. The second-order valence-corrected chi connectivity index (χ2v) is 6.09. The number of pyridine rings is 1.